The number of amides is 3. The topological polar surface area (TPSA) is 96.5 Å². The Morgan fingerprint density at radius 1 is 1.24 bits per heavy atom. The molecule has 1 aliphatic carbocycles. The van der Waals surface area contributed by atoms with Crippen LogP contribution in [-0.2, 0) is 14.4 Å². The van der Waals surface area contributed by atoms with Crippen LogP contribution >= 0.6 is 0 Å². The van der Waals surface area contributed by atoms with Crippen LogP contribution in [0.25, 0.3) is 0 Å². The lowest BCUT2D eigenvalue weighted by Gasteiger charge is -2.23. The largest absolute Gasteiger partial charge is 0.479 e. The smallest absolute Gasteiger partial charge is 0.265 e. The van der Waals surface area contributed by atoms with Crippen LogP contribution in [0, 0.1) is 5.92 Å². The van der Waals surface area contributed by atoms with Crippen molar-refractivity contribution in [1.82, 2.24) is 5.32 Å². The average molecular weight is 345 g/mol. The lowest BCUT2D eigenvalue weighted by atomic mass is 9.89. The van der Waals surface area contributed by atoms with Crippen LogP contribution in [0.15, 0.2) is 18.2 Å². The minimum atomic E-state index is -0.539. The fraction of sp³-hybridized carbons (Fsp3) is 0.500. The molecule has 3 amide bonds. The molecule has 0 bridgehead atoms. The number of ether oxygens (including phenoxy) is 1. The van der Waals surface area contributed by atoms with Gasteiger partial charge in [-0.05, 0) is 38.0 Å². The van der Waals surface area contributed by atoms with Gasteiger partial charge < -0.3 is 20.7 Å². The van der Waals surface area contributed by atoms with Crippen LogP contribution in [0.2, 0.25) is 0 Å². The SMILES string of the molecule is CC1Oc2ccc(NC(=O)CNC(=O)C3CCCCC3)cc2NC1=O. The Balaban J connectivity index is 1.52. The van der Waals surface area contributed by atoms with Crippen molar-refractivity contribution in [3.05, 3.63) is 18.2 Å². The summed E-state index contributed by atoms with van der Waals surface area (Å²) in [7, 11) is 0. The summed E-state index contributed by atoms with van der Waals surface area (Å²) >= 11 is 0. The number of fused-ring (bicyclic) bond motifs is 1. The van der Waals surface area contributed by atoms with Crippen molar-refractivity contribution in [1.29, 1.82) is 0 Å². The molecule has 2 aliphatic rings. The number of anilines is 2. The minimum absolute atomic E-state index is 0.0274. The fourth-order valence-electron chi connectivity index (χ4n) is 3.17. The molecule has 1 unspecified atom stereocenters. The van der Waals surface area contributed by atoms with E-state index in [1.165, 1.54) is 6.42 Å². The van der Waals surface area contributed by atoms with Crippen LogP contribution < -0.4 is 20.7 Å². The van der Waals surface area contributed by atoms with Gasteiger partial charge in [0.1, 0.15) is 5.75 Å². The molecule has 1 saturated carbocycles. The first-order valence-electron chi connectivity index (χ1n) is 8.72. The number of carbonyl (C=O) groups is 3. The lowest BCUT2D eigenvalue weighted by Crippen LogP contribution is -2.37. The van der Waals surface area contributed by atoms with Gasteiger partial charge >= 0.3 is 0 Å². The molecule has 3 N–H and O–H groups in total. The molecule has 1 atom stereocenters. The van der Waals surface area contributed by atoms with Gasteiger partial charge in [-0.15, -0.1) is 0 Å². The van der Waals surface area contributed by atoms with Crippen molar-refractivity contribution in [2.75, 3.05) is 17.2 Å². The summed E-state index contributed by atoms with van der Waals surface area (Å²) in [5.41, 5.74) is 1.06. The molecule has 0 spiro atoms. The number of rotatable bonds is 4. The Hall–Kier alpha value is -2.57. The van der Waals surface area contributed by atoms with Crippen molar-refractivity contribution in [3.63, 3.8) is 0 Å². The van der Waals surface area contributed by atoms with Gasteiger partial charge in [-0.25, -0.2) is 0 Å². The number of carbonyl (C=O) groups excluding carboxylic acids is 3. The second kappa shape index (κ2) is 7.55. The molecule has 1 aliphatic heterocycles. The van der Waals surface area contributed by atoms with Crippen molar-refractivity contribution in [2.45, 2.75) is 45.1 Å². The summed E-state index contributed by atoms with van der Waals surface area (Å²) in [6.07, 6.45) is 4.59. The number of nitrogens with one attached hydrogen (secondary N) is 3. The summed E-state index contributed by atoms with van der Waals surface area (Å²) in [6.45, 7) is 1.61. The van der Waals surface area contributed by atoms with Crippen LogP contribution in [0.3, 0.4) is 0 Å². The molecule has 1 heterocycles. The zero-order valence-electron chi connectivity index (χ0n) is 14.3. The van der Waals surface area contributed by atoms with Crippen LogP contribution in [0.4, 0.5) is 11.4 Å². The molecule has 1 aromatic carbocycles. The minimum Gasteiger partial charge on any atom is -0.479 e. The van der Waals surface area contributed by atoms with E-state index in [1.807, 2.05) is 0 Å². The van der Waals surface area contributed by atoms with Crippen LogP contribution in [0.1, 0.15) is 39.0 Å². The quantitative estimate of drug-likeness (QED) is 0.778. The van der Waals surface area contributed by atoms with Gasteiger partial charge in [-0.1, -0.05) is 19.3 Å². The van der Waals surface area contributed by atoms with Crippen molar-refractivity contribution >= 4 is 29.1 Å². The van der Waals surface area contributed by atoms with E-state index in [1.54, 1.807) is 25.1 Å². The first kappa shape index (κ1) is 17.3. The van der Waals surface area contributed by atoms with Crippen molar-refractivity contribution in [2.24, 2.45) is 5.92 Å². The van der Waals surface area contributed by atoms with E-state index < -0.39 is 6.10 Å². The van der Waals surface area contributed by atoms with Gasteiger partial charge in [-0.3, -0.25) is 14.4 Å². The molecular weight excluding hydrogens is 322 g/mol. The predicted octanol–water partition coefficient (Wildman–Crippen LogP) is 2.04. The van der Waals surface area contributed by atoms with E-state index in [2.05, 4.69) is 16.0 Å². The Bertz CT molecular complexity index is 683. The zero-order chi connectivity index (χ0) is 17.8. The molecule has 1 aromatic rings. The second-order valence-corrected chi connectivity index (χ2v) is 6.56. The van der Waals surface area contributed by atoms with Crippen LogP contribution in [0.5, 0.6) is 5.75 Å². The van der Waals surface area contributed by atoms with Gasteiger partial charge in [-0.2, -0.15) is 0 Å². The van der Waals surface area contributed by atoms with E-state index >= 15 is 0 Å². The molecule has 1 fully saturated rings. The Kier molecular flexibility index (Phi) is 5.21. The number of benzene rings is 1. The summed E-state index contributed by atoms with van der Waals surface area (Å²) < 4.78 is 5.47. The first-order chi connectivity index (χ1) is 12.0. The van der Waals surface area contributed by atoms with Crippen molar-refractivity contribution < 1.29 is 19.1 Å². The summed E-state index contributed by atoms with van der Waals surface area (Å²) in [5, 5.41) is 8.15. The zero-order valence-corrected chi connectivity index (χ0v) is 14.3. The first-order valence-corrected chi connectivity index (χ1v) is 8.72. The molecule has 25 heavy (non-hydrogen) atoms. The molecule has 0 aromatic heterocycles. The van der Waals surface area contributed by atoms with Gasteiger partial charge in [0, 0.05) is 11.6 Å². The Labute approximate surface area is 146 Å². The highest BCUT2D eigenvalue weighted by atomic mass is 16.5. The maximum atomic E-state index is 12.1. The normalized spacial score (nSPS) is 20.0. The highest BCUT2D eigenvalue weighted by Gasteiger charge is 2.24. The standard InChI is InChI=1S/C18H23N3O4/c1-11-17(23)21-14-9-13(7-8-15(14)25-11)20-16(22)10-19-18(24)12-5-3-2-4-6-12/h7-9,11-12H,2-6,10H2,1H3,(H,19,24)(H,20,22)(H,21,23). The molecule has 0 saturated heterocycles. The van der Waals surface area contributed by atoms with Crippen LogP contribution in [-0.4, -0.2) is 30.4 Å². The number of hydrogen-bond acceptors (Lipinski definition) is 4. The molecule has 0 radical (unpaired) electrons. The van der Waals surface area contributed by atoms with Crippen molar-refractivity contribution in [3.8, 4) is 5.75 Å². The maximum absolute atomic E-state index is 12.1. The maximum Gasteiger partial charge on any atom is 0.265 e. The van der Waals surface area contributed by atoms with E-state index in [9.17, 15) is 14.4 Å². The Morgan fingerprint density at radius 3 is 2.76 bits per heavy atom. The summed E-state index contributed by atoms with van der Waals surface area (Å²) in [5.74, 6) is 0.0153. The molecule has 7 nitrogen and oxygen atoms in total. The van der Waals surface area contributed by atoms with E-state index in [4.69, 9.17) is 4.74 Å². The monoisotopic (exact) mass is 345 g/mol. The van der Waals surface area contributed by atoms with Gasteiger partial charge in [0.15, 0.2) is 6.10 Å². The lowest BCUT2D eigenvalue weighted by molar-refractivity contribution is -0.128. The molecule has 3 rings (SSSR count). The number of hydrogen-bond donors (Lipinski definition) is 3. The fourth-order valence-corrected chi connectivity index (χ4v) is 3.17. The molecule has 7 heteroatoms. The predicted molar refractivity (Wildman–Crippen MR) is 93.4 cm³/mol. The summed E-state index contributed by atoms with van der Waals surface area (Å²) in [4.78, 5) is 35.7. The third-order valence-electron chi connectivity index (χ3n) is 4.59. The van der Waals surface area contributed by atoms with Gasteiger partial charge in [0.05, 0.1) is 12.2 Å². The highest BCUT2D eigenvalue weighted by Crippen LogP contribution is 2.32. The van der Waals surface area contributed by atoms with E-state index in [-0.39, 0.29) is 30.2 Å². The molecular formula is C18H23N3O4. The third-order valence-corrected chi connectivity index (χ3v) is 4.59. The average Bonchev–Trinajstić information content (AvgIpc) is 2.61. The summed E-state index contributed by atoms with van der Waals surface area (Å²) in [6, 6.07) is 5.03. The second-order valence-electron chi connectivity index (χ2n) is 6.56. The van der Waals surface area contributed by atoms with Gasteiger partial charge in [0.25, 0.3) is 5.91 Å². The highest BCUT2D eigenvalue weighted by molar-refractivity contribution is 5.99. The Morgan fingerprint density at radius 2 is 2.00 bits per heavy atom. The van der Waals surface area contributed by atoms with E-state index in [0.29, 0.717) is 17.1 Å². The third kappa shape index (κ3) is 4.29. The molecule has 134 valence electrons. The van der Waals surface area contributed by atoms with E-state index in [0.717, 1.165) is 25.7 Å². The van der Waals surface area contributed by atoms with Gasteiger partial charge in [0.2, 0.25) is 11.8 Å².